The molecule has 25 heavy (non-hydrogen) atoms. The maximum atomic E-state index is 12.8. The van der Waals surface area contributed by atoms with Crippen LogP contribution in [-0.4, -0.2) is 29.2 Å². The van der Waals surface area contributed by atoms with Crippen LogP contribution in [0, 0.1) is 5.41 Å². The summed E-state index contributed by atoms with van der Waals surface area (Å²) in [5.74, 6) is 0. The van der Waals surface area contributed by atoms with Crippen LogP contribution in [0.15, 0.2) is 28.7 Å². The van der Waals surface area contributed by atoms with Gasteiger partial charge < -0.3 is 9.64 Å². The molecule has 0 bridgehead atoms. The Hall–Kier alpha value is -1.03. The van der Waals surface area contributed by atoms with Crippen molar-refractivity contribution in [1.82, 2.24) is 4.90 Å². The molecule has 0 radical (unpaired) electrons. The number of rotatable bonds is 4. The van der Waals surface area contributed by atoms with Crippen LogP contribution in [0.4, 0.5) is 4.79 Å². The van der Waals surface area contributed by atoms with Gasteiger partial charge in [-0.15, -0.1) is 0 Å². The number of hydrogen-bond donors (Lipinski definition) is 0. The molecule has 1 aliphatic rings. The van der Waals surface area contributed by atoms with Gasteiger partial charge >= 0.3 is 6.09 Å². The van der Waals surface area contributed by atoms with Gasteiger partial charge in [0.1, 0.15) is 5.60 Å². The van der Waals surface area contributed by atoms with Gasteiger partial charge in [0.15, 0.2) is 0 Å². The average molecular weight is 410 g/mol. The van der Waals surface area contributed by atoms with E-state index >= 15 is 0 Å². The van der Waals surface area contributed by atoms with Crippen molar-refractivity contribution in [3.8, 4) is 0 Å². The van der Waals surface area contributed by atoms with Gasteiger partial charge in [0, 0.05) is 17.1 Å². The second-order valence-electron chi connectivity index (χ2n) is 8.95. The zero-order valence-electron chi connectivity index (χ0n) is 16.3. The summed E-state index contributed by atoms with van der Waals surface area (Å²) >= 11 is 3.47. The molecule has 2 rings (SSSR count). The Labute approximate surface area is 161 Å². The molecule has 0 unspecified atom stereocenters. The number of hydrogen-bond acceptors (Lipinski definition) is 2. The summed E-state index contributed by atoms with van der Waals surface area (Å²) in [6.07, 6.45) is 5.13. The molecule has 0 saturated heterocycles. The molecular formula is C21H32BrNO2. The van der Waals surface area contributed by atoms with E-state index in [2.05, 4.69) is 54.0 Å². The van der Waals surface area contributed by atoms with Gasteiger partial charge in [-0.3, -0.25) is 0 Å². The van der Waals surface area contributed by atoms with Crippen LogP contribution >= 0.6 is 15.9 Å². The highest BCUT2D eigenvalue weighted by Crippen LogP contribution is 2.37. The van der Waals surface area contributed by atoms with Gasteiger partial charge in [0.25, 0.3) is 0 Å². The van der Waals surface area contributed by atoms with E-state index in [0.717, 1.165) is 36.6 Å². The molecule has 3 nitrogen and oxygen atoms in total. The first kappa shape index (κ1) is 20.3. The molecule has 4 heteroatoms. The topological polar surface area (TPSA) is 29.5 Å². The predicted octanol–water partition coefficient (Wildman–Crippen LogP) is 6.20. The van der Waals surface area contributed by atoms with Gasteiger partial charge in [-0.2, -0.15) is 0 Å². The second-order valence-corrected chi connectivity index (χ2v) is 9.86. The lowest BCUT2D eigenvalue weighted by atomic mass is 9.75. The minimum atomic E-state index is -0.457. The molecule has 0 N–H and O–H groups in total. The summed E-state index contributed by atoms with van der Waals surface area (Å²) in [7, 11) is 0. The summed E-state index contributed by atoms with van der Waals surface area (Å²) in [6.45, 7) is 11.2. The van der Waals surface area contributed by atoms with Gasteiger partial charge in [-0.1, -0.05) is 41.9 Å². The normalized spacial score (nSPS) is 18.0. The van der Waals surface area contributed by atoms with Crippen molar-refractivity contribution >= 4 is 22.0 Å². The molecule has 1 aromatic carbocycles. The van der Waals surface area contributed by atoms with Crippen LogP contribution < -0.4 is 0 Å². The Morgan fingerprint density at radius 3 is 2.28 bits per heavy atom. The number of halogens is 1. The van der Waals surface area contributed by atoms with Gasteiger partial charge in [-0.05, 0) is 76.0 Å². The van der Waals surface area contributed by atoms with E-state index in [0.29, 0.717) is 18.0 Å². The van der Waals surface area contributed by atoms with E-state index in [1.165, 1.54) is 5.56 Å². The van der Waals surface area contributed by atoms with Crippen molar-refractivity contribution < 1.29 is 9.53 Å². The van der Waals surface area contributed by atoms with Crippen molar-refractivity contribution in [3.63, 3.8) is 0 Å². The number of carbonyl (C=O) groups excluding carboxylic acids is 1. The molecule has 0 aromatic heterocycles. The van der Waals surface area contributed by atoms with E-state index in [1.807, 2.05) is 25.7 Å². The molecule has 0 aliphatic heterocycles. The third-order valence-electron chi connectivity index (χ3n) is 4.93. The number of ether oxygens (including phenoxy) is 1. The van der Waals surface area contributed by atoms with Crippen molar-refractivity contribution in [2.45, 2.75) is 78.4 Å². The molecule has 1 amide bonds. The molecular weight excluding hydrogens is 378 g/mol. The third-order valence-corrected chi connectivity index (χ3v) is 5.46. The Morgan fingerprint density at radius 1 is 1.20 bits per heavy atom. The molecule has 0 spiro atoms. The summed E-state index contributed by atoms with van der Waals surface area (Å²) < 4.78 is 6.77. The molecule has 140 valence electrons. The minimum absolute atomic E-state index is 0.172. The summed E-state index contributed by atoms with van der Waals surface area (Å²) in [6, 6.07) is 8.62. The van der Waals surface area contributed by atoms with Gasteiger partial charge in [0.05, 0.1) is 0 Å². The minimum Gasteiger partial charge on any atom is -0.444 e. The first-order chi connectivity index (χ1) is 11.6. The van der Waals surface area contributed by atoms with Crippen molar-refractivity contribution in [2.75, 3.05) is 6.54 Å². The largest absolute Gasteiger partial charge is 0.444 e. The molecule has 1 aliphatic carbocycles. The fourth-order valence-corrected chi connectivity index (χ4v) is 3.60. The molecule has 1 fully saturated rings. The van der Waals surface area contributed by atoms with Crippen LogP contribution in [0.2, 0.25) is 0 Å². The van der Waals surface area contributed by atoms with E-state index in [4.69, 9.17) is 4.74 Å². The maximum absolute atomic E-state index is 12.8. The van der Waals surface area contributed by atoms with E-state index < -0.39 is 5.60 Å². The maximum Gasteiger partial charge on any atom is 0.410 e. The van der Waals surface area contributed by atoms with Crippen LogP contribution in [0.3, 0.4) is 0 Å². The summed E-state index contributed by atoms with van der Waals surface area (Å²) in [5, 5.41) is 0. The van der Waals surface area contributed by atoms with Crippen LogP contribution in [0.1, 0.15) is 65.9 Å². The van der Waals surface area contributed by atoms with Crippen LogP contribution in [0.5, 0.6) is 0 Å². The first-order valence-electron chi connectivity index (χ1n) is 9.30. The Balaban J connectivity index is 2.06. The average Bonchev–Trinajstić information content (AvgIpc) is 2.49. The van der Waals surface area contributed by atoms with Crippen LogP contribution in [0.25, 0.3) is 0 Å². The Bertz CT molecular complexity index is 565. The summed E-state index contributed by atoms with van der Waals surface area (Å²) in [5.41, 5.74) is 1.18. The number of nitrogens with zero attached hydrogens (tertiary/aromatic N) is 1. The lowest BCUT2D eigenvalue weighted by Crippen LogP contribution is -2.46. The fourth-order valence-electron chi connectivity index (χ4n) is 3.34. The van der Waals surface area contributed by atoms with Gasteiger partial charge in [-0.25, -0.2) is 4.79 Å². The van der Waals surface area contributed by atoms with E-state index in [-0.39, 0.29) is 6.09 Å². The van der Waals surface area contributed by atoms with Crippen molar-refractivity contribution in [2.24, 2.45) is 5.41 Å². The smallest absolute Gasteiger partial charge is 0.410 e. The zero-order valence-corrected chi connectivity index (χ0v) is 17.9. The summed E-state index contributed by atoms with van der Waals surface area (Å²) in [4.78, 5) is 14.8. The SMILES string of the molecule is CC1(C)CCC(N(CCc2ccc(Br)cc2)C(=O)OC(C)(C)C)CC1. The standard InChI is InChI=1S/C21H32BrNO2/c1-20(2,3)25-19(24)23(18-10-13-21(4,5)14-11-18)15-12-16-6-8-17(22)9-7-16/h6-9,18H,10-15H2,1-5H3. The highest BCUT2D eigenvalue weighted by atomic mass is 79.9. The molecule has 1 saturated carbocycles. The second kappa shape index (κ2) is 8.11. The quantitative estimate of drug-likeness (QED) is 0.592. The number of carbonyl (C=O) groups is 1. The first-order valence-corrected chi connectivity index (χ1v) is 10.1. The monoisotopic (exact) mass is 409 g/mol. The zero-order chi connectivity index (χ0) is 18.7. The Morgan fingerprint density at radius 2 is 1.76 bits per heavy atom. The van der Waals surface area contributed by atoms with Gasteiger partial charge in [0.2, 0.25) is 0 Å². The highest BCUT2D eigenvalue weighted by Gasteiger charge is 2.34. The van der Waals surface area contributed by atoms with Crippen molar-refractivity contribution in [3.05, 3.63) is 34.3 Å². The van der Waals surface area contributed by atoms with E-state index in [9.17, 15) is 4.79 Å². The number of benzene rings is 1. The van der Waals surface area contributed by atoms with Crippen LogP contribution in [-0.2, 0) is 11.2 Å². The Kier molecular flexibility index (Phi) is 6.58. The fraction of sp³-hybridized carbons (Fsp3) is 0.667. The molecule has 1 aromatic rings. The van der Waals surface area contributed by atoms with E-state index in [1.54, 1.807) is 0 Å². The lowest BCUT2D eigenvalue weighted by molar-refractivity contribution is 0.00763. The van der Waals surface area contributed by atoms with Crippen molar-refractivity contribution in [1.29, 1.82) is 0 Å². The third kappa shape index (κ3) is 6.65. The lowest BCUT2D eigenvalue weighted by Gasteiger charge is -2.40. The molecule has 0 heterocycles. The highest BCUT2D eigenvalue weighted by molar-refractivity contribution is 9.10. The number of amides is 1. The molecule has 0 atom stereocenters. The predicted molar refractivity (Wildman–Crippen MR) is 107 cm³/mol.